The van der Waals surface area contributed by atoms with Crippen LogP contribution in [0.25, 0.3) is 0 Å². The lowest BCUT2D eigenvalue weighted by Crippen LogP contribution is -2.34. The van der Waals surface area contributed by atoms with Crippen molar-refractivity contribution in [3.8, 4) is 0 Å². The van der Waals surface area contributed by atoms with Gasteiger partial charge in [-0.1, -0.05) is 6.92 Å². The van der Waals surface area contributed by atoms with Gasteiger partial charge in [0, 0.05) is 39.0 Å². The quantitative estimate of drug-likeness (QED) is 0.595. The molecule has 0 spiro atoms. The number of nitrogens with one attached hydrogen (secondary N) is 2. The van der Waals surface area contributed by atoms with Crippen LogP contribution in [0.1, 0.15) is 40.0 Å². The molecule has 5 nitrogen and oxygen atoms in total. The molecule has 0 atom stereocenters. The van der Waals surface area contributed by atoms with E-state index in [0.29, 0.717) is 26.1 Å². The van der Waals surface area contributed by atoms with Crippen LogP contribution < -0.4 is 10.6 Å². The van der Waals surface area contributed by atoms with E-state index in [9.17, 15) is 9.59 Å². The summed E-state index contributed by atoms with van der Waals surface area (Å²) in [6.45, 7) is 9.78. The Morgan fingerprint density at radius 1 is 0.947 bits per heavy atom. The third kappa shape index (κ3) is 10.8. The number of amides is 2. The van der Waals surface area contributed by atoms with E-state index in [1.807, 2.05) is 13.8 Å². The van der Waals surface area contributed by atoms with Crippen molar-refractivity contribution in [3.05, 3.63) is 0 Å². The molecule has 0 aromatic carbocycles. The fourth-order valence-corrected chi connectivity index (χ4v) is 1.64. The minimum atomic E-state index is -0.0474. The average molecular weight is 294 g/mol. The molecule has 6 heteroatoms. The fraction of sp³-hybridized carbons (Fsp3) is 0.846. The number of rotatable bonds is 10. The van der Waals surface area contributed by atoms with Crippen molar-refractivity contribution in [2.45, 2.75) is 40.0 Å². The Morgan fingerprint density at radius 2 is 1.58 bits per heavy atom. The maximum atomic E-state index is 11.7. The summed E-state index contributed by atoms with van der Waals surface area (Å²) in [6, 6.07) is 0. The summed E-state index contributed by atoms with van der Waals surface area (Å²) in [5, 5.41) is 6.00. The maximum absolute atomic E-state index is 11.7. The molecule has 0 fully saturated rings. The van der Waals surface area contributed by atoms with Crippen LogP contribution in [0.15, 0.2) is 0 Å². The van der Waals surface area contributed by atoms with Gasteiger partial charge in [0.25, 0.3) is 0 Å². The Bertz CT molecular complexity index is 246. The summed E-state index contributed by atoms with van der Waals surface area (Å²) in [7, 11) is 0. The average Bonchev–Trinajstić information content (AvgIpc) is 2.37. The van der Waals surface area contributed by atoms with Gasteiger partial charge in [0.1, 0.15) is 0 Å². The Labute approximate surface area is 122 Å². The minimum Gasteiger partial charge on any atom is -0.355 e. The van der Waals surface area contributed by atoms with Gasteiger partial charge in [-0.15, -0.1) is 12.4 Å². The molecule has 0 saturated carbocycles. The van der Waals surface area contributed by atoms with Gasteiger partial charge in [0.05, 0.1) is 0 Å². The Balaban J connectivity index is 0. The van der Waals surface area contributed by atoms with E-state index in [0.717, 1.165) is 19.5 Å². The number of carbonyl (C=O) groups is 2. The molecule has 0 rings (SSSR count). The van der Waals surface area contributed by atoms with Crippen LogP contribution in [0.3, 0.4) is 0 Å². The van der Waals surface area contributed by atoms with E-state index in [4.69, 9.17) is 0 Å². The van der Waals surface area contributed by atoms with E-state index in [-0.39, 0.29) is 30.6 Å². The Hall–Kier alpha value is -0.810. The van der Waals surface area contributed by atoms with Crippen LogP contribution in [-0.4, -0.2) is 49.4 Å². The van der Waals surface area contributed by atoms with Crippen LogP contribution in [-0.2, 0) is 9.59 Å². The second-order valence-electron chi connectivity index (χ2n) is 4.17. The lowest BCUT2D eigenvalue weighted by molar-refractivity contribution is -0.133. The van der Waals surface area contributed by atoms with Crippen LogP contribution in [0.5, 0.6) is 0 Å². The summed E-state index contributed by atoms with van der Waals surface area (Å²) in [6.07, 6.45) is 1.67. The largest absolute Gasteiger partial charge is 0.355 e. The minimum absolute atomic E-state index is 0. The van der Waals surface area contributed by atoms with E-state index in [1.54, 1.807) is 4.90 Å². The first-order chi connectivity index (χ1) is 8.65. The van der Waals surface area contributed by atoms with E-state index in [1.165, 1.54) is 0 Å². The zero-order valence-electron chi connectivity index (χ0n) is 12.3. The number of halogens is 1. The lowest BCUT2D eigenvalue weighted by Gasteiger charge is -2.18. The van der Waals surface area contributed by atoms with Crippen molar-refractivity contribution >= 4 is 24.2 Å². The Kier molecular flexibility index (Phi) is 14.7. The molecule has 0 aromatic rings. The van der Waals surface area contributed by atoms with E-state index < -0.39 is 0 Å². The molecular formula is C13H28ClN3O2. The second kappa shape index (κ2) is 13.6. The predicted octanol–water partition coefficient (Wildman–Crippen LogP) is 1.17. The van der Waals surface area contributed by atoms with E-state index >= 15 is 0 Å². The van der Waals surface area contributed by atoms with Gasteiger partial charge < -0.3 is 15.5 Å². The first-order valence-electron chi connectivity index (χ1n) is 6.90. The smallest absolute Gasteiger partial charge is 0.223 e. The molecule has 0 bridgehead atoms. The van der Waals surface area contributed by atoms with Gasteiger partial charge in [-0.05, 0) is 26.8 Å². The molecule has 0 unspecified atom stereocenters. The molecule has 114 valence electrons. The number of hydrogen-bond donors (Lipinski definition) is 2. The predicted molar refractivity (Wildman–Crippen MR) is 80.6 cm³/mol. The summed E-state index contributed by atoms with van der Waals surface area (Å²) < 4.78 is 0. The van der Waals surface area contributed by atoms with Crippen molar-refractivity contribution in [2.24, 2.45) is 0 Å². The van der Waals surface area contributed by atoms with Gasteiger partial charge in [0.15, 0.2) is 0 Å². The molecule has 2 N–H and O–H groups in total. The normalized spacial score (nSPS) is 9.63. The fourth-order valence-electron chi connectivity index (χ4n) is 1.64. The van der Waals surface area contributed by atoms with Crippen molar-refractivity contribution < 1.29 is 9.59 Å². The molecule has 0 heterocycles. The van der Waals surface area contributed by atoms with Crippen LogP contribution >= 0.6 is 12.4 Å². The molecule has 19 heavy (non-hydrogen) atoms. The maximum Gasteiger partial charge on any atom is 0.223 e. The highest BCUT2D eigenvalue weighted by Gasteiger charge is 2.11. The first kappa shape index (κ1) is 20.5. The van der Waals surface area contributed by atoms with Crippen molar-refractivity contribution in [2.75, 3.05) is 32.7 Å². The number of carbonyl (C=O) groups excluding carboxylic acids is 2. The van der Waals surface area contributed by atoms with Crippen molar-refractivity contribution in [1.29, 1.82) is 0 Å². The molecule has 0 aliphatic heterocycles. The summed E-state index contributed by atoms with van der Waals surface area (Å²) in [5.74, 6) is 0.00747. The molecule has 0 aliphatic rings. The highest BCUT2D eigenvalue weighted by atomic mass is 35.5. The van der Waals surface area contributed by atoms with Gasteiger partial charge in [-0.25, -0.2) is 0 Å². The monoisotopic (exact) mass is 293 g/mol. The topological polar surface area (TPSA) is 61.4 Å². The molecule has 0 aliphatic carbocycles. The van der Waals surface area contributed by atoms with Gasteiger partial charge >= 0.3 is 0 Å². The molecule has 0 aromatic heterocycles. The molecular weight excluding hydrogens is 266 g/mol. The third-order valence-electron chi connectivity index (χ3n) is 2.73. The SMILES string of the molecule is CCCNCCNC(=O)CCC(=O)N(CC)CC.Cl. The standard InChI is InChI=1S/C13H27N3O2.ClH/c1-4-9-14-10-11-15-12(17)7-8-13(18)16(5-2)6-3;/h14H,4-11H2,1-3H3,(H,15,17);1H. The first-order valence-corrected chi connectivity index (χ1v) is 6.90. The van der Waals surface area contributed by atoms with Crippen LogP contribution in [0.2, 0.25) is 0 Å². The summed E-state index contributed by atoms with van der Waals surface area (Å²) >= 11 is 0. The number of hydrogen-bond acceptors (Lipinski definition) is 3. The zero-order chi connectivity index (χ0) is 13.8. The van der Waals surface area contributed by atoms with Crippen molar-refractivity contribution in [1.82, 2.24) is 15.5 Å². The molecule has 0 saturated heterocycles. The summed E-state index contributed by atoms with van der Waals surface area (Å²) in [5.41, 5.74) is 0. The van der Waals surface area contributed by atoms with Crippen LogP contribution in [0, 0.1) is 0 Å². The van der Waals surface area contributed by atoms with Crippen LogP contribution in [0.4, 0.5) is 0 Å². The van der Waals surface area contributed by atoms with Crippen molar-refractivity contribution in [3.63, 3.8) is 0 Å². The zero-order valence-corrected chi connectivity index (χ0v) is 13.1. The molecule has 0 radical (unpaired) electrons. The van der Waals surface area contributed by atoms with Gasteiger partial charge in [0.2, 0.25) is 11.8 Å². The lowest BCUT2D eigenvalue weighted by atomic mass is 10.2. The van der Waals surface area contributed by atoms with Gasteiger partial charge in [-0.3, -0.25) is 9.59 Å². The third-order valence-corrected chi connectivity index (χ3v) is 2.73. The van der Waals surface area contributed by atoms with E-state index in [2.05, 4.69) is 17.6 Å². The highest BCUT2D eigenvalue weighted by Crippen LogP contribution is 1.97. The highest BCUT2D eigenvalue weighted by molar-refractivity contribution is 5.85. The summed E-state index contributed by atoms with van der Waals surface area (Å²) in [4.78, 5) is 24.9. The Morgan fingerprint density at radius 3 is 2.11 bits per heavy atom. The second-order valence-corrected chi connectivity index (χ2v) is 4.17. The molecule has 2 amide bonds. The van der Waals surface area contributed by atoms with Gasteiger partial charge in [-0.2, -0.15) is 0 Å². The number of nitrogens with zero attached hydrogens (tertiary/aromatic N) is 1.